The zero-order valence-electron chi connectivity index (χ0n) is 14.1. The van der Waals surface area contributed by atoms with Crippen LogP contribution >= 0.6 is 22.7 Å². The van der Waals surface area contributed by atoms with E-state index in [2.05, 4.69) is 15.3 Å². The Balaban J connectivity index is 1.40. The number of rotatable bonds is 5. The largest absolute Gasteiger partial charge is 0.302 e. The van der Waals surface area contributed by atoms with Gasteiger partial charge in [-0.1, -0.05) is 30.3 Å². The molecule has 0 spiro atoms. The average Bonchev–Trinajstić information content (AvgIpc) is 3.33. The summed E-state index contributed by atoms with van der Waals surface area (Å²) >= 11 is 2.85. The quantitative estimate of drug-likeness (QED) is 0.502. The fraction of sp³-hybridized carbons (Fsp3) is 0.0500. The van der Waals surface area contributed by atoms with Crippen LogP contribution in [0.15, 0.2) is 65.4 Å². The van der Waals surface area contributed by atoms with Crippen LogP contribution in [0.4, 0.5) is 9.52 Å². The number of benzene rings is 2. The first kappa shape index (κ1) is 17.5. The Morgan fingerprint density at radius 2 is 1.70 bits per heavy atom. The van der Waals surface area contributed by atoms with Gasteiger partial charge in [-0.05, 0) is 24.3 Å². The molecule has 0 saturated carbocycles. The molecule has 0 fully saturated rings. The van der Waals surface area contributed by atoms with Crippen molar-refractivity contribution in [2.24, 2.45) is 0 Å². The highest BCUT2D eigenvalue weighted by molar-refractivity contribution is 7.14. The second kappa shape index (κ2) is 7.77. The molecule has 134 valence electrons. The highest BCUT2D eigenvalue weighted by Gasteiger charge is 2.12. The van der Waals surface area contributed by atoms with Crippen LogP contribution in [0.1, 0.15) is 5.69 Å². The lowest BCUT2D eigenvalue weighted by molar-refractivity contribution is -0.115. The van der Waals surface area contributed by atoms with E-state index in [9.17, 15) is 9.18 Å². The molecular weight excluding hydrogens is 381 g/mol. The number of nitrogens with zero attached hydrogens (tertiary/aromatic N) is 2. The molecule has 1 N–H and O–H groups in total. The van der Waals surface area contributed by atoms with Gasteiger partial charge in [0.05, 0.1) is 17.8 Å². The third kappa shape index (κ3) is 4.27. The minimum absolute atomic E-state index is 0.167. The molecule has 7 heteroatoms. The first-order chi connectivity index (χ1) is 13.2. The maximum absolute atomic E-state index is 13.0. The average molecular weight is 395 g/mol. The van der Waals surface area contributed by atoms with Crippen LogP contribution in [0, 0.1) is 5.82 Å². The van der Waals surface area contributed by atoms with Gasteiger partial charge in [0.15, 0.2) is 5.13 Å². The molecule has 4 aromatic rings. The molecule has 2 aromatic heterocycles. The van der Waals surface area contributed by atoms with Gasteiger partial charge in [-0.15, -0.1) is 22.7 Å². The van der Waals surface area contributed by atoms with Crippen molar-refractivity contribution in [3.05, 3.63) is 76.9 Å². The molecule has 0 radical (unpaired) electrons. The third-order valence-electron chi connectivity index (χ3n) is 3.80. The summed E-state index contributed by atoms with van der Waals surface area (Å²) in [6, 6.07) is 16.0. The minimum Gasteiger partial charge on any atom is -0.302 e. The number of hydrogen-bond donors (Lipinski definition) is 1. The lowest BCUT2D eigenvalue weighted by Crippen LogP contribution is -2.14. The fourth-order valence-electron chi connectivity index (χ4n) is 2.51. The van der Waals surface area contributed by atoms with Gasteiger partial charge in [-0.3, -0.25) is 4.79 Å². The van der Waals surface area contributed by atoms with Gasteiger partial charge in [-0.25, -0.2) is 14.4 Å². The maximum Gasteiger partial charge on any atom is 0.232 e. The van der Waals surface area contributed by atoms with Crippen molar-refractivity contribution in [2.75, 3.05) is 5.32 Å². The lowest BCUT2D eigenvalue weighted by atomic mass is 10.2. The van der Waals surface area contributed by atoms with Crippen LogP contribution in [0.2, 0.25) is 0 Å². The zero-order valence-corrected chi connectivity index (χ0v) is 15.7. The van der Waals surface area contributed by atoms with E-state index in [1.165, 1.54) is 34.8 Å². The minimum atomic E-state index is -0.291. The van der Waals surface area contributed by atoms with Gasteiger partial charge in [0.2, 0.25) is 5.91 Å². The molecule has 2 heterocycles. The third-order valence-corrected chi connectivity index (χ3v) is 5.50. The Bertz CT molecular complexity index is 1060. The normalized spacial score (nSPS) is 10.7. The van der Waals surface area contributed by atoms with Gasteiger partial charge >= 0.3 is 0 Å². The molecule has 0 aliphatic rings. The summed E-state index contributed by atoms with van der Waals surface area (Å²) in [5.74, 6) is -0.458. The Morgan fingerprint density at radius 3 is 2.48 bits per heavy atom. The van der Waals surface area contributed by atoms with Crippen LogP contribution in [0.25, 0.3) is 21.8 Å². The van der Waals surface area contributed by atoms with Crippen molar-refractivity contribution in [2.45, 2.75) is 6.42 Å². The molecule has 27 heavy (non-hydrogen) atoms. The topological polar surface area (TPSA) is 54.9 Å². The van der Waals surface area contributed by atoms with Gasteiger partial charge in [0, 0.05) is 21.9 Å². The van der Waals surface area contributed by atoms with Crippen LogP contribution in [0.3, 0.4) is 0 Å². The summed E-state index contributed by atoms with van der Waals surface area (Å²) < 4.78 is 13.0. The second-order valence-corrected chi connectivity index (χ2v) is 7.50. The predicted molar refractivity (Wildman–Crippen MR) is 107 cm³/mol. The molecule has 0 bridgehead atoms. The van der Waals surface area contributed by atoms with Crippen molar-refractivity contribution < 1.29 is 9.18 Å². The van der Waals surface area contributed by atoms with Crippen LogP contribution in [-0.4, -0.2) is 15.9 Å². The Kier molecular flexibility index (Phi) is 5.04. The molecule has 4 rings (SSSR count). The Labute approximate surface area is 163 Å². The molecule has 4 nitrogen and oxygen atoms in total. The number of carbonyl (C=O) groups excluding carboxylic acids is 1. The van der Waals surface area contributed by atoms with E-state index >= 15 is 0 Å². The van der Waals surface area contributed by atoms with Gasteiger partial charge in [0.25, 0.3) is 0 Å². The van der Waals surface area contributed by atoms with E-state index in [0.29, 0.717) is 10.8 Å². The molecule has 0 aliphatic heterocycles. The number of thiazole rings is 2. The number of halogens is 1. The van der Waals surface area contributed by atoms with Crippen LogP contribution in [-0.2, 0) is 11.2 Å². The van der Waals surface area contributed by atoms with Crippen molar-refractivity contribution in [1.82, 2.24) is 9.97 Å². The van der Waals surface area contributed by atoms with E-state index in [1.807, 2.05) is 41.1 Å². The smallest absolute Gasteiger partial charge is 0.232 e. The second-order valence-electron chi connectivity index (χ2n) is 5.78. The number of nitrogens with one attached hydrogen (secondary N) is 1. The first-order valence-electron chi connectivity index (χ1n) is 8.18. The summed E-state index contributed by atoms with van der Waals surface area (Å²) in [6.07, 6.45) is 0.189. The first-order valence-corrected chi connectivity index (χ1v) is 9.94. The summed E-state index contributed by atoms with van der Waals surface area (Å²) in [5, 5.41) is 7.94. The number of amides is 1. The van der Waals surface area contributed by atoms with E-state index in [1.54, 1.807) is 12.1 Å². The van der Waals surface area contributed by atoms with Gasteiger partial charge in [0.1, 0.15) is 10.8 Å². The summed E-state index contributed by atoms with van der Waals surface area (Å²) in [4.78, 5) is 21.2. The zero-order chi connectivity index (χ0) is 18.6. The highest BCUT2D eigenvalue weighted by atomic mass is 32.1. The lowest BCUT2D eigenvalue weighted by Gasteiger charge is -2.00. The van der Waals surface area contributed by atoms with E-state index in [-0.39, 0.29) is 18.1 Å². The van der Waals surface area contributed by atoms with Crippen LogP contribution < -0.4 is 5.32 Å². The van der Waals surface area contributed by atoms with Gasteiger partial charge in [-0.2, -0.15) is 0 Å². The van der Waals surface area contributed by atoms with Crippen molar-refractivity contribution in [3.63, 3.8) is 0 Å². The predicted octanol–water partition coefficient (Wildman–Crippen LogP) is 5.25. The molecule has 0 atom stereocenters. The SMILES string of the molecule is O=C(Cc1csc(-c2ccccc2)n1)Nc1nc(-c2ccc(F)cc2)cs1. The molecule has 0 saturated heterocycles. The molecular formula is C20H14FN3OS2. The number of hydrogen-bond acceptors (Lipinski definition) is 5. The summed E-state index contributed by atoms with van der Waals surface area (Å²) in [7, 11) is 0. The summed E-state index contributed by atoms with van der Waals surface area (Å²) in [6.45, 7) is 0. The van der Waals surface area contributed by atoms with Crippen LogP contribution in [0.5, 0.6) is 0 Å². The summed E-state index contributed by atoms with van der Waals surface area (Å²) in [5.41, 5.74) is 3.28. The van der Waals surface area contributed by atoms with Crippen molar-refractivity contribution in [1.29, 1.82) is 0 Å². The Hall–Kier alpha value is -2.90. The van der Waals surface area contributed by atoms with E-state index in [4.69, 9.17) is 0 Å². The number of anilines is 1. The van der Waals surface area contributed by atoms with Crippen molar-refractivity contribution >= 4 is 33.7 Å². The van der Waals surface area contributed by atoms with E-state index < -0.39 is 0 Å². The monoisotopic (exact) mass is 395 g/mol. The number of carbonyl (C=O) groups is 1. The van der Waals surface area contributed by atoms with E-state index in [0.717, 1.165) is 21.8 Å². The molecule has 2 aromatic carbocycles. The fourth-order valence-corrected chi connectivity index (χ4v) is 4.08. The maximum atomic E-state index is 13.0. The standard InChI is InChI=1S/C20H14FN3OS2/c21-15-8-6-13(7-9-15)17-12-27-20(23-17)24-18(25)10-16-11-26-19(22-16)14-4-2-1-3-5-14/h1-9,11-12H,10H2,(H,23,24,25). The molecule has 1 amide bonds. The number of aromatic nitrogens is 2. The van der Waals surface area contributed by atoms with Gasteiger partial charge < -0.3 is 5.32 Å². The van der Waals surface area contributed by atoms with Crippen molar-refractivity contribution in [3.8, 4) is 21.8 Å². The molecule has 0 aliphatic carbocycles. The molecule has 0 unspecified atom stereocenters. The Morgan fingerprint density at radius 1 is 0.926 bits per heavy atom. The highest BCUT2D eigenvalue weighted by Crippen LogP contribution is 2.26.